The molecule has 1 aliphatic rings. The van der Waals surface area contributed by atoms with Gasteiger partial charge in [-0.05, 0) is 0 Å². The second-order valence-corrected chi connectivity index (χ2v) is 3.41. The summed E-state index contributed by atoms with van der Waals surface area (Å²) in [5.74, 6) is 2.25. The van der Waals surface area contributed by atoms with E-state index in [4.69, 9.17) is 10.9 Å². The molecular weight excluding hydrogens is 155 g/mol. The molecule has 56 valence electrons. The normalized spacial score (nSPS) is 39.4. The van der Waals surface area contributed by atoms with E-state index >= 15 is 0 Å². The summed E-state index contributed by atoms with van der Waals surface area (Å²) in [6.07, 6.45) is 4.44. The standard InChI is InChI=1S/C5H7O4P/c1-3-5-4-8-10(6,7-2)9-5/h1,5H,4H2,2H3. The summed E-state index contributed by atoms with van der Waals surface area (Å²) in [6.45, 7) is 0.140. The van der Waals surface area contributed by atoms with E-state index in [-0.39, 0.29) is 6.61 Å². The van der Waals surface area contributed by atoms with Crippen LogP contribution in [0.2, 0.25) is 0 Å². The molecule has 0 spiro atoms. The second-order valence-electron chi connectivity index (χ2n) is 1.69. The fourth-order valence-electron chi connectivity index (χ4n) is 0.550. The van der Waals surface area contributed by atoms with E-state index in [1.165, 1.54) is 7.11 Å². The van der Waals surface area contributed by atoms with Crippen LogP contribution >= 0.6 is 7.82 Å². The van der Waals surface area contributed by atoms with E-state index in [1.807, 2.05) is 0 Å². The van der Waals surface area contributed by atoms with Crippen LogP contribution in [-0.2, 0) is 18.1 Å². The summed E-state index contributed by atoms with van der Waals surface area (Å²) in [5.41, 5.74) is 0. The zero-order valence-corrected chi connectivity index (χ0v) is 6.34. The van der Waals surface area contributed by atoms with Crippen LogP contribution in [0.1, 0.15) is 0 Å². The lowest BCUT2D eigenvalue weighted by atomic mass is 10.4. The van der Waals surface area contributed by atoms with E-state index in [2.05, 4.69) is 15.0 Å². The lowest BCUT2D eigenvalue weighted by Crippen LogP contribution is -2.03. The van der Waals surface area contributed by atoms with Crippen molar-refractivity contribution in [1.82, 2.24) is 0 Å². The van der Waals surface area contributed by atoms with Crippen molar-refractivity contribution in [2.75, 3.05) is 13.7 Å². The van der Waals surface area contributed by atoms with Crippen molar-refractivity contribution < 1.29 is 18.1 Å². The van der Waals surface area contributed by atoms with Crippen molar-refractivity contribution in [2.45, 2.75) is 6.10 Å². The van der Waals surface area contributed by atoms with Gasteiger partial charge < -0.3 is 0 Å². The van der Waals surface area contributed by atoms with Crippen molar-refractivity contribution in [1.29, 1.82) is 0 Å². The summed E-state index contributed by atoms with van der Waals surface area (Å²) in [5, 5.41) is 0. The van der Waals surface area contributed by atoms with Gasteiger partial charge in [0.2, 0.25) is 0 Å². The number of hydrogen-bond donors (Lipinski definition) is 0. The first-order valence-corrected chi connectivity index (χ1v) is 4.11. The molecule has 1 saturated heterocycles. The molecule has 0 amide bonds. The molecule has 0 radical (unpaired) electrons. The highest BCUT2D eigenvalue weighted by atomic mass is 31.2. The number of terminal acetylenes is 1. The molecule has 1 aliphatic heterocycles. The highest BCUT2D eigenvalue weighted by molar-refractivity contribution is 7.48. The van der Waals surface area contributed by atoms with Crippen LogP contribution in [-0.4, -0.2) is 19.8 Å². The molecule has 0 aromatic rings. The molecule has 0 aliphatic carbocycles. The molecule has 1 rings (SSSR count). The summed E-state index contributed by atoms with van der Waals surface area (Å²) in [6, 6.07) is 0. The number of phosphoric ester groups is 1. The number of phosphoric acid groups is 1. The van der Waals surface area contributed by atoms with Crippen molar-refractivity contribution in [3.8, 4) is 12.3 Å². The molecular formula is C5H7O4P. The average Bonchev–Trinajstić information content (AvgIpc) is 2.33. The first-order chi connectivity index (χ1) is 4.70. The van der Waals surface area contributed by atoms with Crippen molar-refractivity contribution >= 4 is 7.82 Å². The fourth-order valence-corrected chi connectivity index (χ4v) is 1.55. The Morgan fingerprint density at radius 2 is 2.60 bits per heavy atom. The minimum absolute atomic E-state index is 0.140. The molecule has 5 heteroatoms. The van der Waals surface area contributed by atoms with E-state index in [0.29, 0.717) is 0 Å². The van der Waals surface area contributed by atoms with Crippen LogP contribution < -0.4 is 0 Å². The van der Waals surface area contributed by atoms with E-state index in [1.54, 1.807) is 0 Å². The molecule has 0 aromatic heterocycles. The predicted octanol–water partition coefficient (Wildman–Crippen LogP) is 0.789. The van der Waals surface area contributed by atoms with Crippen molar-refractivity contribution in [3.63, 3.8) is 0 Å². The molecule has 1 fully saturated rings. The fraction of sp³-hybridized carbons (Fsp3) is 0.600. The Morgan fingerprint density at radius 1 is 1.90 bits per heavy atom. The Morgan fingerprint density at radius 3 is 2.90 bits per heavy atom. The molecule has 0 aromatic carbocycles. The SMILES string of the molecule is C#CC1COP(=O)(OC)O1. The minimum atomic E-state index is -3.27. The third-order valence-corrected chi connectivity index (χ3v) is 2.48. The van der Waals surface area contributed by atoms with Gasteiger partial charge in [0.1, 0.15) is 0 Å². The smallest absolute Gasteiger partial charge is 0.290 e. The molecule has 0 N–H and O–H groups in total. The third kappa shape index (κ3) is 1.39. The molecule has 0 bridgehead atoms. The zero-order chi connectivity index (χ0) is 7.61. The quantitative estimate of drug-likeness (QED) is 0.422. The maximum atomic E-state index is 11.0. The lowest BCUT2D eigenvalue weighted by Gasteiger charge is -2.03. The maximum absolute atomic E-state index is 11.0. The minimum Gasteiger partial charge on any atom is -0.290 e. The van der Waals surface area contributed by atoms with Crippen LogP contribution in [0, 0.1) is 12.3 Å². The van der Waals surface area contributed by atoms with Gasteiger partial charge in [0.25, 0.3) is 0 Å². The summed E-state index contributed by atoms with van der Waals surface area (Å²) < 4.78 is 24.8. The van der Waals surface area contributed by atoms with Gasteiger partial charge in [-0.1, -0.05) is 5.92 Å². The first-order valence-electron chi connectivity index (χ1n) is 2.65. The van der Waals surface area contributed by atoms with Crippen LogP contribution in [0.4, 0.5) is 0 Å². The monoisotopic (exact) mass is 162 g/mol. The van der Waals surface area contributed by atoms with Gasteiger partial charge in [-0.25, -0.2) is 4.57 Å². The summed E-state index contributed by atoms with van der Waals surface area (Å²) in [7, 11) is -2.02. The molecule has 1 heterocycles. The molecule has 4 nitrogen and oxygen atoms in total. The van der Waals surface area contributed by atoms with E-state index < -0.39 is 13.9 Å². The van der Waals surface area contributed by atoms with Crippen molar-refractivity contribution in [2.24, 2.45) is 0 Å². The molecule has 2 unspecified atom stereocenters. The Hall–Kier alpha value is -0.330. The Bertz CT molecular complexity index is 206. The summed E-state index contributed by atoms with van der Waals surface area (Å²) in [4.78, 5) is 0. The molecule has 2 atom stereocenters. The van der Waals surface area contributed by atoms with Crippen LogP contribution in [0.25, 0.3) is 0 Å². The predicted molar refractivity (Wildman–Crippen MR) is 34.3 cm³/mol. The first kappa shape index (κ1) is 7.77. The third-order valence-electron chi connectivity index (χ3n) is 1.05. The maximum Gasteiger partial charge on any atom is 0.475 e. The van der Waals surface area contributed by atoms with Crippen LogP contribution in [0.15, 0.2) is 0 Å². The molecule has 0 saturated carbocycles. The zero-order valence-electron chi connectivity index (χ0n) is 5.44. The van der Waals surface area contributed by atoms with E-state index in [0.717, 1.165) is 0 Å². The Labute approximate surface area is 59.1 Å². The van der Waals surface area contributed by atoms with Gasteiger partial charge in [-0.3, -0.25) is 13.6 Å². The van der Waals surface area contributed by atoms with Gasteiger partial charge in [0.15, 0.2) is 6.10 Å². The van der Waals surface area contributed by atoms with Gasteiger partial charge in [-0.15, -0.1) is 6.42 Å². The van der Waals surface area contributed by atoms with Gasteiger partial charge in [0.05, 0.1) is 6.61 Å². The number of hydrogen-bond acceptors (Lipinski definition) is 4. The lowest BCUT2D eigenvalue weighted by molar-refractivity contribution is 0.217. The summed E-state index contributed by atoms with van der Waals surface area (Å²) >= 11 is 0. The van der Waals surface area contributed by atoms with E-state index in [9.17, 15) is 4.57 Å². The second kappa shape index (κ2) is 2.73. The average molecular weight is 162 g/mol. The van der Waals surface area contributed by atoms with Crippen molar-refractivity contribution in [3.05, 3.63) is 0 Å². The Balaban J connectivity index is 2.60. The molecule has 10 heavy (non-hydrogen) atoms. The topological polar surface area (TPSA) is 44.8 Å². The number of rotatable bonds is 1. The van der Waals surface area contributed by atoms with Crippen LogP contribution in [0.5, 0.6) is 0 Å². The van der Waals surface area contributed by atoms with Crippen LogP contribution in [0.3, 0.4) is 0 Å². The highest BCUT2D eigenvalue weighted by Crippen LogP contribution is 2.53. The van der Waals surface area contributed by atoms with Gasteiger partial charge >= 0.3 is 7.82 Å². The largest absolute Gasteiger partial charge is 0.475 e. The Kier molecular flexibility index (Phi) is 2.12. The van der Waals surface area contributed by atoms with Gasteiger partial charge in [-0.2, -0.15) is 0 Å². The van der Waals surface area contributed by atoms with Gasteiger partial charge in [0, 0.05) is 7.11 Å². The highest BCUT2D eigenvalue weighted by Gasteiger charge is 2.36.